The van der Waals surface area contributed by atoms with Crippen LogP contribution in [-0.2, 0) is 6.42 Å². The van der Waals surface area contributed by atoms with E-state index in [1.54, 1.807) is 21.3 Å². The van der Waals surface area contributed by atoms with E-state index in [0.717, 1.165) is 46.4 Å². The van der Waals surface area contributed by atoms with Gasteiger partial charge in [0.1, 0.15) is 11.6 Å². The van der Waals surface area contributed by atoms with Gasteiger partial charge in [-0.3, -0.25) is 0 Å². The van der Waals surface area contributed by atoms with Gasteiger partial charge in [-0.25, -0.2) is 4.98 Å². The molecule has 0 saturated heterocycles. The zero-order valence-corrected chi connectivity index (χ0v) is 17.2. The minimum absolute atomic E-state index is 0.580. The van der Waals surface area contributed by atoms with Crippen molar-refractivity contribution in [2.45, 2.75) is 13.3 Å². The number of nitrogens with zero attached hydrogens (tertiary/aromatic N) is 2. The van der Waals surface area contributed by atoms with Crippen LogP contribution in [0.2, 0.25) is 0 Å². The molecule has 29 heavy (non-hydrogen) atoms. The lowest BCUT2D eigenvalue weighted by molar-refractivity contribution is 0.354. The zero-order valence-electron chi connectivity index (χ0n) is 17.2. The van der Waals surface area contributed by atoms with Crippen molar-refractivity contribution in [2.24, 2.45) is 0 Å². The smallest absolute Gasteiger partial charge is 0.224 e. The molecule has 2 N–H and O–H groups in total. The first-order valence-electron chi connectivity index (χ1n) is 9.33. The highest BCUT2D eigenvalue weighted by atomic mass is 16.5. The predicted octanol–water partition coefficient (Wildman–Crippen LogP) is 4.21. The highest BCUT2D eigenvalue weighted by Gasteiger charge is 2.06. The molecule has 3 rings (SSSR count). The van der Waals surface area contributed by atoms with E-state index in [4.69, 9.17) is 14.2 Å². The van der Waals surface area contributed by atoms with E-state index in [2.05, 4.69) is 20.6 Å². The van der Waals surface area contributed by atoms with Crippen molar-refractivity contribution in [3.05, 3.63) is 59.8 Å². The van der Waals surface area contributed by atoms with Crippen LogP contribution in [0.5, 0.6) is 17.2 Å². The van der Waals surface area contributed by atoms with E-state index in [9.17, 15) is 0 Å². The van der Waals surface area contributed by atoms with Crippen LogP contribution in [0.4, 0.5) is 17.5 Å². The maximum Gasteiger partial charge on any atom is 0.224 e. The van der Waals surface area contributed by atoms with Gasteiger partial charge in [0.05, 0.1) is 21.3 Å². The summed E-state index contributed by atoms with van der Waals surface area (Å²) in [6.07, 6.45) is 0.802. The number of aryl methyl sites for hydroxylation is 1. The number of hydrogen-bond acceptors (Lipinski definition) is 7. The predicted molar refractivity (Wildman–Crippen MR) is 115 cm³/mol. The Morgan fingerprint density at radius 2 is 1.69 bits per heavy atom. The summed E-state index contributed by atoms with van der Waals surface area (Å²) in [6.45, 7) is 2.63. The summed E-state index contributed by atoms with van der Waals surface area (Å²) in [6, 6.07) is 15.5. The molecular formula is C22H26N4O3. The topological polar surface area (TPSA) is 77.5 Å². The number of rotatable bonds is 9. The average molecular weight is 394 g/mol. The monoisotopic (exact) mass is 394 g/mol. The van der Waals surface area contributed by atoms with Crippen LogP contribution in [0.3, 0.4) is 0 Å². The van der Waals surface area contributed by atoms with Gasteiger partial charge in [0, 0.05) is 30.1 Å². The molecule has 2 aromatic carbocycles. The minimum atomic E-state index is 0.580. The third kappa shape index (κ3) is 5.51. The zero-order chi connectivity index (χ0) is 20.6. The Hall–Kier alpha value is -3.48. The molecule has 152 valence electrons. The third-order valence-corrected chi connectivity index (χ3v) is 4.34. The lowest BCUT2D eigenvalue weighted by Crippen LogP contribution is -2.10. The van der Waals surface area contributed by atoms with E-state index >= 15 is 0 Å². The molecule has 0 fully saturated rings. The summed E-state index contributed by atoms with van der Waals surface area (Å²) in [5.41, 5.74) is 2.91. The maximum atomic E-state index is 5.36. The molecule has 7 heteroatoms. The first-order chi connectivity index (χ1) is 14.1. The fourth-order valence-electron chi connectivity index (χ4n) is 2.92. The van der Waals surface area contributed by atoms with Gasteiger partial charge in [-0.1, -0.05) is 12.1 Å². The first-order valence-corrected chi connectivity index (χ1v) is 9.33. The summed E-state index contributed by atoms with van der Waals surface area (Å²) in [4.78, 5) is 9.03. The van der Waals surface area contributed by atoms with Gasteiger partial charge < -0.3 is 24.8 Å². The molecule has 1 aromatic heterocycles. The summed E-state index contributed by atoms with van der Waals surface area (Å²) in [5, 5.41) is 6.58. The van der Waals surface area contributed by atoms with Crippen molar-refractivity contribution in [2.75, 3.05) is 38.5 Å². The molecule has 0 saturated carbocycles. The number of anilines is 3. The number of methoxy groups -OCH3 is 3. The Kier molecular flexibility index (Phi) is 6.73. The summed E-state index contributed by atoms with van der Waals surface area (Å²) in [5.74, 6) is 3.53. The molecule has 0 radical (unpaired) electrons. The molecule has 0 amide bonds. The van der Waals surface area contributed by atoms with Crippen molar-refractivity contribution in [1.82, 2.24) is 9.97 Å². The molecule has 1 heterocycles. The van der Waals surface area contributed by atoms with E-state index in [1.807, 2.05) is 55.5 Å². The normalized spacial score (nSPS) is 10.3. The van der Waals surface area contributed by atoms with Crippen LogP contribution >= 0.6 is 0 Å². The lowest BCUT2D eigenvalue weighted by atomic mass is 10.1. The Labute approximate surface area is 171 Å². The first kappa shape index (κ1) is 20.3. The molecule has 0 unspecified atom stereocenters. The van der Waals surface area contributed by atoms with Crippen molar-refractivity contribution in [1.29, 1.82) is 0 Å². The Morgan fingerprint density at radius 1 is 0.862 bits per heavy atom. The van der Waals surface area contributed by atoms with Crippen molar-refractivity contribution < 1.29 is 14.2 Å². The van der Waals surface area contributed by atoms with Gasteiger partial charge in [-0.2, -0.15) is 4.98 Å². The molecule has 3 aromatic rings. The average Bonchev–Trinajstić information content (AvgIpc) is 2.73. The van der Waals surface area contributed by atoms with Crippen LogP contribution in [0.25, 0.3) is 0 Å². The second-order valence-electron chi connectivity index (χ2n) is 6.44. The van der Waals surface area contributed by atoms with Crippen LogP contribution in [0, 0.1) is 6.92 Å². The highest BCUT2D eigenvalue weighted by molar-refractivity contribution is 5.59. The fraction of sp³-hybridized carbons (Fsp3) is 0.273. The van der Waals surface area contributed by atoms with Crippen LogP contribution in [-0.4, -0.2) is 37.8 Å². The number of nitrogens with one attached hydrogen (secondary N) is 2. The van der Waals surface area contributed by atoms with Crippen LogP contribution in [0.1, 0.15) is 11.3 Å². The van der Waals surface area contributed by atoms with Gasteiger partial charge >= 0.3 is 0 Å². The van der Waals surface area contributed by atoms with Gasteiger partial charge in [0.25, 0.3) is 0 Å². The largest absolute Gasteiger partial charge is 0.497 e. The third-order valence-electron chi connectivity index (χ3n) is 4.34. The lowest BCUT2D eigenvalue weighted by Gasteiger charge is -2.12. The number of hydrogen-bond donors (Lipinski definition) is 2. The molecule has 0 bridgehead atoms. The Morgan fingerprint density at radius 3 is 2.45 bits per heavy atom. The van der Waals surface area contributed by atoms with E-state index < -0.39 is 0 Å². The molecule has 7 nitrogen and oxygen atoms in total. The van der Waals surface area contributed by atoms with Crippen molar-refractivity contribution in [3.63, 3.8) is 0 Å². The summed E-state index contributed by atoms with van der Waals surface area (Å²) < 4.78 is 15.9. The maximum absolute atomic E-state index is 5.36. The molecule has 0 aliphatic carbocycles. The van der Waals surface area contributed by atoms with E-state index in [-0.39, 0.29) is 0 Å². The second kappa shape index (κ2) is 9.64. The highest BCUT2D eigenvalue weighted by Crippen LogP contribution is 2.27. The Balaban J connectivity index is 1.64. The van der Waals surface area contributed by atoms with Gasteiger partial charge in [0.2, 0.25) is 5.95 Å². The van der Waals surface area contributed by atoms with Gasteiger partial charge in [-0.05, 0) is 43.2 Å². The SMILES string of the molecule is COc1cccc(Nc2cc(C)nc(NCCc3ccc(OC)c(OC)c3)n2)c1. The van der Waals surface area contributed by atoms with Crippen LogP contribution in [0.15, 0.2) is 48.5 Å². The van der Waals surface area contributed by atoms with E-state index in [1.165, 1.54) is 0 Å². The van der Waals surface area contributed by atoms with E-state index in [0.29, 0.717) is 12.5 Å². The summed E-state index contributed by atoms with van der Waals surface area (Å²) in [7, 11) is 4.91. The van der Waals surface area contributed by atoms with Crippen molar-refractivity contribution in [3.8, 4) is 17.2 Å². The fourth-order valence-corrected chi connectivity index (χ4v) is 2.92. The number of benzene rings is 2. The quantitative estimate of drug-likeness (QED) is 0.563. The second-order valence-corrected chi connectivity index (χ2v) is 6.44. The molecule has 0 atom stereocenters. The molecule has 0 aliphatic rings. The summed E-state index contributed by atoms with van der Waals surface area (Å²) >= 11 is 0. The standard InChI is InChI=1S/C22H26N4O3/c1-15-12-21(25-17-6-5-7-18(14-17)27-2)26-22(24-15)23-11-10-16-8-9-19(28-3)20(13-16)29-4/h5-9,12-14H,10-11H2,1-4H3,(H2,23,24,25,26). The number of ether oxygens (including phenoxy) is 3. The van der Waals surface area contributed by atoms with Crippen LogP contribution < -0.4 is 24.8 Å². The Bertz CT molecular complexity index is 963. The van der Waals surface area contributed by atoms with Gasteiger partial charge in [-0.15, -0.1) is 0 Å². The number of aromatic nitrogens is 2. The minimum Gasteiger partial charge on any atom is -0.497 e. The molecule has 0 aliphatic heterocycles. The molecule has 0 spiro atoms. The van der Waals surface area contributed by atoms with Gasteiger partial charge in [0.15, 0.2) is 11.5 Å². The molecular weight excluding hydrogens is 368 g/mol. The van der Waals surface area contributed by atoms with Crippen molar-refractivity contribution >= 4 is 17.5 Å².